The van der Waals surface area contributed by atoms with Gasteiger partial charge in [-0.3, -0.25) is 0 Å². The molecule has 2 aliphatic heterocycles. The highest BCUT2D eigenvalue weighted by atomic mass is 16.7. The second-order valence-electron chi connectivity index (χ2n) is 7.23. The summed E-state index contributed by atoms with van der Waals surface area (Å²) in [5.41, 5.74) is -0.543. The Morgan fingerprint density at radius 1 is 0.875 bits per heavy atom. The average molecular weight is 462 g/mol. The highest BCUT2D eigenvalue weighted by molar-refractivity contribution is 5.22. The van der Waals surface area contributed by atoms with Crippen LogP contribution < -0.4 is 0 Å². The molecular weight excluding hydrogens is 430 g/mol. The average Bonchev–Trinajstić information content (AvgIpc) is 2.89. The number of aliphatic hydroxyl groups is 7. The zero-order valence-electron chi connectivity index (χ0n) is 21.5. The van der Waals surface area contributed by atoms with Crippen molar-refractivity contribution >= 4 is 0 Å². The standard InChI is InChI=1S/C20H27NO11/c21-6-10(9-4-2-1-3-5-9)30-20-18(28)16(26)14(24)12(32-20)8-29-19-17(27)15(25)13(23)11(7-22)31-19/h1-5,10-20,22-28H,7-8H2/t10?,11-,12-,13-,14-,15+,16+,17-,18-,19-,20-/m1/s1/i1D,2D,3D,4D,5D. The van der Waals surface area contributed by atoms with E-state index in [1.165, 1.54) is 0 Å². The molecule has 0 bridgehead atoms. The van der Waals surface area contributed by atoms with Crippen LogP contribution in [0.25, 0.3) is 0 Å². The fourth-order valence-electron chi connectivity index (χ4n) is 3.25. The Labute approximate surface area is 190 Å². The van der Waals surface area contributed by atoms with Gasteiger partial charge in [0.25, 0.3) is 0 Å². The van der Waals surface area contributed by atoms with E-state index < -0.39 is 117 Å². The van der Waals surface area contributed by atoms with Crippen molar-refractivity contribution in [2.24, 2.45) is 0 Å². The molecule has 32 heavy (non-hydrogen) atoms. The highest BCUT2D eigenvalue weighted by Gasteiger charge is 2.48. The summed E-state index contributed by atoms with van der Waals surface area (Å²) in [5, 5.41) is 79.6. The summed E-state index contributed by atoms with van der Waals surface area (Å²) < 4.78 is 60.4. The molecule has 7 N–H and O–H groups in total. The molecule has 0 amide bonds. The number of benzene rings is 1. The first kappa shape index (κ1) is 18.7. The third kappa shape index (κ3) is 5.25. The van der Waals surface area contributed by atoms with Crippen LogP contribution in [0.15, 0.2) is 30.2 Å². The monoisotopic (exact) mass is 462 g/mol. The second-order valence-corrected chi connectivity index (χ2v) is 7.23. The fraction of sp³-hybridized carbons (Fsp3) is 0.650. The molecule has 12 heteroatoms. The number of aliphatic hydroxyl groups excluding tert-OH is 7. The van der Waals surface area contributed by atoms with Crippen LogP contribution in [-0.2, 0) is 18.9 Å². The van der Waals surface area contributed by atoms with Crippen molar-refractivity contribution in [2.45, 2.75) is 67.5 Å². The van der Waals surface area contributed by atoms with Gasteiger partial charge in [0.05, 0.1) is 26.1 Å². The van der Waals surface area contributed by atoms with E-state index in [4.69, 9.17) is 25.8 Å². The van der Waals surface area contributed by atoms with Crippen LogP contribution in [0.1, 0.15) is 18.5 Å². The molecular formula is C20H27NO11. The summed E-state index contributed by atoms with van der Waals surface area (Å²) >= 11 is 0. The molecule has 2 aliphatic rings. The second kappa shape index (κ2) is 10.9. The van der Waals surface area contributed by atoms with Gasteiger partial charge in [-0.1, -0.05) is 30.2 Å². The minimum absolute atomic E-state index is 0.543. The molecule has 0 aromatic heterocycles. The largest absolute Gasteiger partial charge is 0.394 e. The Balaban J connectivity index is 1.77. The predicted molar refractivity (Wildman–Crippen MR) is 102 cm³/mol. The quantitative estimate of drug-likeness (QED) is 0.215. The summed E-state index contributed by atoms with van der Waals surface area (Å²) in [7, 11) is 0. The lowest BCUT2D eigenvalue weighted by atomic mass is 9.98. The predicted octanol–water partition coefficient (Wildman–Crippen LogP) is -3.11. The van der Waals surface area contributed by atoms with Crippen LogP contribution in [-0.4, -0.2) is 110 Å². The Hall–Kier alpha value is -1.73. The van der Waals surface area contributed by atoms with E-state index in [-0.39, 0.29) is 0 Å². The van der Waals surface area contributed by atoms with E-state index >= 15 is 0 Å². The minimum Gasteiger partial charge on any atom is -0.394 e. The number of hydrogen-bond donors (Lipinski definition) is 7. The molecule has 3 rings (SSSR count). The summed E-state index contributed by atoms with van der Waals surface area (Å²) in [6.07, 6.45) is -18.9. The molecule has 0 aliphatic carbocycles. The zero-order valence-corrected chi connectivity index (χ0v) is 16.5. The number of nitriles is 1. The molecule has 0 radical (unpaired) electrons. The number of hydrogen-bond acceptors (Lipinski definition) is 12. The molecule has 2 saturated heterocycles. The van der Waals surface area contributed by atoms with Gasteiger partial charge in [-0.25, -0.2) is 0 Å². The molecule has 1 aromatic rings. The molecule has 1 unspecified atom stereocenters. The van der Waals surface area contributed by atoms with Crippen LogP contribution >= 0.6 is 0 Å². The van der Waals surface area contributed by atoms with E-state index in [2.05, 4.69) is 0 Å². The Bertz CT molecular complexity index is 985. The Kier molecular flexibility index (Phi) is 6.37. The van der Waals surface area contributed by atoms with Crippen molar-refractivity contribution in [1.82, 2.24) is 0 Å². The molecule has 12 nitrogen and oxygen atoms in total. The topological polar surface area (TPSA) is 202 Å². The highest BCUT2D eigenvalue weighted by Crippen LogP contribution is 2.28. The Morgan fingerprint density at radius 3 is 2.03 bits per heavy atom. The molecule has 11 atom stereocenters. The van der Waals surface area contributed by atoms with Gasteiger partial charge in [-0.15, -0.1) is 0 Å². The number of nitrogens with zero attached hydrogens (tertiary/aromatic N) is 1. The van der Waals surface area contributed by atoms with Gasteiger partial charge in [-0.05, 0) is 5.56 Å². The fourth-order valence-corrected chi connectivity index (χ4v) is 3.25. The lowest BCUT2D eigenvalue weighted by Gasteiger charge is -2.43. The van der Waals surface area contributed by atoms with E-state index in [1.807, 2.05) is 0 Å². The molecule has 0 spiro atoms. The van der Waals surface area contributed by atoms with Crippen LogP contribution in [0.2, 0.25) is 0 Å². The molecule has 2 heterocycles. The summed E-state index contributed by atoms with van der Waals surface area (Å²) in [6, 6.07) is -2.01. The first-order valence-electron chi connectivity index (χ1n) is 12.1. The van der Waals surface area contributed by atoms with E-state index in [1.54, 1.807) is 6.07 Å². The summed E-state index contributed by atoms with van der Waals surface area (Å²) in [4.78, 5) is 0. The van der Waals surface area contributed by atoms with Crippen molar-refractivity contribution in [3.05, 3.63) is 35.8 Å². The van der Waals surface area contributed by atoms with Gasteiger partial charge in [0.15, 0.2) is 18.7 Å². The minimum atomic E-state index is -1.95. The lowest BCUT2D eigenvalue weighted by Crippen LogP contribution is -2.61. The van der Waals surface area contributed by atoms with Gasteiger partial charge in [0.2, 0.25) is 0 Å². The van der Waals surface area contributed by atoms with Gasteiger partial charge in [0.1, 0.15) is 48.8 Å². The first-order valence-corrected chi connectivity index (χ1v) is 9.59. The van der Waals surface area contributed by atoms with Crippen LogP contribution in [0.3, 0.4) is 0 Å². The van der Waals surface area contributed by atoms with Gasteiger partial charge in [0, 0.05) is 0 Å². The zero-order chi connectivity index (χ0) is 27.8. The lowest BCUT2D eigenvalue weighted by molar-refractivity contribution is -0.334. The third-order valence-corrected chi connectivity index (χ3v) is 5.11. The molecule has 2 fully saturated rings. The van der Waals surface area contributed by atoms with Crippen molar-refractivity contribution < 1.29 is 61.5 Å². The van der Waals surface area contributed by atoms with Crippen LogP contribution in [0.4, 0.5) is 0 Å². The van der Waals surface area contributed by atoms with Gasteiger partial charge >= 0.3 is 0 Å². The van der Waals surface area contributed by atoms with Gasteiger partial charge in [-0.2, -0.15) is 5.26 Å². The maximum absolute atomic E-state index is 10.3. The third-order valence-electron chi connectivity index (χ3n) is 5.11. The Morgan fingerprint density at radius 2 is 1.44 bits per heavy atom. The van der Waals surface area contributed by atoms with Crippen molar-refractivity contribution in [3.8, 4) is 6.07 Å². The number of rotatable bonds is 7. The van der Waals surface area contributed by atoms with Gasteiger partial charge < -0.3 is 54.7 Å². The van der Waals surface area contributed by atoms with Crippen LogP contribution in [0.5, 0.6) is 0 Å². The summed E-state index contributed by atoms with van der Waals surface area (Å²) in [6.45, 7) is -1.37. The molecule has 178 valence electrons. The smallest absolute Gasteiger partial charge is 0.188 e. The van der Waals surface area contributed by atoms with E-state index in [9.17, 15) is 41.0 Å². The van der Waals surface area contributed by atoms with Crippen LogP contribution in [0, 0.1) is 11.3 Å². The molecule has 1 aromatic carbocycles. The van der Waals surface area contributed by atoms with Crippen molar-refractivity contribution in [2.75, 3.05) is 13.2 Å². The first-order chi connectivity index (χ1) is 17.3. The maximum atomic E-state index is 10.3. The SMILES string of the molecule is [2H]c1c([2H])c([2H])c(C(C#N)O[C@@H]2O[C@H](CO[C@@H]3O[C@H](CO)[C@@H](O)[C@H](O)[C@H]3O)[C@@H](O)[C@H](O)[C@H]2O)c([2H])c1[2H]. The van der Waals surface area contributed by atoms with Crippen molar-refractivity contribution in [3.63, 3.8) is 0 Å². The van der Waals surface area contributed by atoms with E-state index in [0.29, 0.717) is 0 Å². The number of ether oxygens (including phenoxy) is 4. The van der Waals surface area contributed by atoms with E-state index in [0.717, 1.165) is 0 Å². The molecule has 0 saturated carbocycles. The van der Waals surface area contributed by atoms with Crippen molar-refractivity contribution in [1.29, 1.82) is 5.26 Å². The maximum Gasteiger partial charge on any atom is 0.188 e. The normalized spacial score (nSPS) is 43.2. The summed E-state index contributed by atoms with van der Waals surface area (Å²) in [5.74, 6) is 0.